The second-order valence-electron chi connectivity index (χ2n) is 4.77. The number of H-pyrrole nitrogens is 2. The number of amides is 1. The van der Waals surface area contributed by atoms with E-state index in [9.17, 15) is 4.79 Å². The number of benzene rings is 1. The third-order valence-corrected chi connectivity index (χ3v) is 3.22. The first-order valence-corrected chi connectivity index (χ1v) is 6.78. The lowest BCUT2D eigenvalue weighted by Gasteiger charge is -2.00. The molecule has 3 aromatic rings. The topological polar surface area (TPSA) is 112 Å². The Morgan fingerprint density at radius 1 is 1.38 bits per heavy atom. The molecular weight excluding hydrogens is 268 g/mol. The molecule has 3 rings (SSSR count). The molecule has 2 heterocycles. The summed E-state index contributed by atoms with van der Waals surface area (Å²) in [5.41, 5.74) is 8.95. The number of rotatable bonds is 4. The van der Waals surface area contributed by atoms with Crippen LogP contribution in [0, 0.1) is 0 Å². The van der Waals surface area contributed by atoms with Crippen LogP contribution in [0.15, 0.2) is 24.3 Å². The molecule has 0 fully saturated rings. The third kappa shape index (κ3) is 2.45. The Labute approximate surface area is 121 Å². The van der Waals surface area contributed by atoms with Crippen LogP contribution in [0.5, 0.6) is 0 Å². The number of imidazole rings is 1. The molecule has 21 heavy (non-hydrogen) atoms. The Bertz CT molecular complexity index is 755. The van der Waals surface area contributed by atoms with Crippen molar-refractivity contribution in [3.05, 3.63) is 35.7 Å². The normalized spacial score (nSPS) is 10.9. The van der Waals surface area contributed by atoms with Gasteiger partial charge in [-0.3, -0.25) is 15.2 Å². The number of hydrogen-bond donors (Lipinski definition) is 4. The predicted molar refractivity (Wildman–Crippen MR) is 81.0 cm³/mol. The number of hydrogen-bond acceptors (Lipinski definition) is 4. The number of anilines is 2. The van der Waals surface area contributed by atoms with E-state index in [1.165, 1.54) is 0 Å². The molecule has 0 bridgehead atoms. The first-order chi connectivity index (χ1) is 10.2. The number of nitrogens with one attached hydrogen (secondary N) is 3. The molecule has 108 valence electrons. The van der Waals surface area contributed by atoms with Gasteiger partial charge >= 0.3 is 0 Å². The minimum Gasteiger partial charge on any atom is -0.395 e. The number of aromatic amines is 2. The second kappa shape index (κ2) is 5.28. The number of aromatic nitrogens is 4. The van der Waals surface area contributed by atoms with Gasteiger partial charge in [-0.2, -0.15) is 5.10 Å². The standard InChI is InChI=1S/C14H16N6O/c1-2-5-10-11(15)12(20-19-10)13(21)18-14-16-8-6-3-4-7-9(8)17-14/h3-4,6-7H,2,5,15H2,1H3,(H,19,20)(H2,16,17,18,21). The Balaban J connectivity index is 1.82. The molecule has 2 aromatic heterocycles. The summed E-state index contributed by atoms with van der Waals surface area (Å²) in [5, 5.41) is 9.46. The first kappa shape index (κ1) is 13.2. The molecule has 0 unspecified atom stereocenters. The fourth-order valence-electron chi connectivity index (χ4n) is 2.18. The smallest absolute Gasteiger partial charge is 0.280 e. The Morgan fingerprint density at radius 3 is 2.95 bits per heavy atom. The summed E-state index contributed by atoms with van der Waals surface area (Å²) in [6.45, 7) is 2.04. The number of aryl methyl sites for hydroxylation is 1. The summed E-state index contributed by atoms with van der Waals surface area (Å²) in [6.07, 6.45) is 1.69. The minimum atomic E-state index is -0.384. The van der Waals surface area contributed by atoms with E-state index >= 15 is 0 Å². The average Bonchev–Trinajstić information content (AvgIpc) is 3.03. The summed E-state index contributed by atoms with van der Waals surface area (Å²) in [4.78, 5) is 19.5. The van der Waals surface area contributed by atoms with Crippen LogP contribution in [-0.4, -0.2) is 26.1 Å². The highest BCUT2D eigenvalue weighted by Gasteiger charge is 2.18. The number of para-hydroxylation sites is 2. The van der Waals surface area contributed by atoms with Crippen LogP contribution >= 0.6 is 0 Å². The van der Waals surface area contributed by atoms with Crippen molar-refractivity contribution in [2.45, 2.75) is 19.8 Å². The van der Waals surface area contributed by atoms with Crippen molar-refractivity contribution in [2.75, 3.05) is 11.1 Å². The van der Waals surface area contributed by atoms with E-state index in [2.05, 4.69) is 25.5 Å². The van der Waals surface area contributed by atoms with E-state index in [4.69, 9.17) is 5.73 Å². The number of carbonyl (C=O) groups is 1. The number of nitrogen functional groups attached to an aromatic ring is 1. The Morgan fingerprint density at radius 2 is 2.19 bits per heavy atom. The molecule has 1 amide bonds. The highest BCUT2D eigenvalue weighted by molar-refractivity contribution is 6.06. The van der Waals surface area contributed by atoms with Crippen LogP contribution in [0.1, 0.15) is 29.5 Å². The molecule has 7 heteroatoms. The van der Waals surface area contributed by atoms with Crippen LogP contribution in [0.4, 0.5) is 11.6 Å². The van der Waals surface area contributed by atoms with E-state index in [1.54, 1.807) is 0 Å². The highest BCUT2D eigenvalue weighted by atomic mass is 16.2. The SMILES string of the molecule is CCCc1[nH]nc(C(=O)Nc2nc3ccccc3[nH]2)c1N. The number of fused-ring (bicyclic) bond motifs is 1. The largest absolute Gasteiger partial charge is 0.395 e. The van der Waals surface area contributed by atoms with Crippen molar-refractivity contribution in [2.24, 2.45) is 0 Å². The maximum atomic E-state index is 12.2. The van der Waals surface area contributed by atoms with Crippen LogP contribution in [0.3, 0.4) is 0 Å². The molecule has 0 radical (unpaired) electrons. The maximum Gasteiger partial charge on any atom is 0.280 e. The van der Waals surface area contributed by atoms with Crippen molar-refractivity contribution < 1.29 is 4.79 Å². The van der Waals surface area contributed by atoms with E-state index in [0.29, 0.717) is 11.6 Å². The second-order valence-corrected chi connectivity index (χ2v) is 4.77. The number of nitrogens with zero attached hydrogens (tertiary/aromatic N) is 2. The van der Waals surface area contributed by atoms with Gasteiger partial charge in [0.1, 0.15) is 0 Å². The van der Waals surface area contributed by atoms with Gasteiger partial charge in [-0.1, -0.05) is 25.5 Å². The summed E-state index contributed by atoms with van der Waals surface area (Å²) < 4.78 is 0. The van der Waals surface area contributed by atoms with Crippen molar-refractivity contribution in [3.63, 3.8) is 0 Å². The zero-order valence-electron chi connectivity index (χ0n) is 11.6. The fraction of sp³-hybridized carbons (Fsp3) is 0.214. The van der Waals surface area contributed by atoms with Gasteiger partial charge in [0.05, 0.1) is 22.4 Å². The van der Waals surface area contributed by atoms with Crippen molar-refractivity contribution in [1.82, 2.24) is 20.2 Å². The van der Waals surface area contributed by atoms with Gasteiger partial charge in [0, 0.05) is 0 Å². The summed E-state index contributed by atoms with van der Waals surface area (Å²) in [5.74, 6) is -0.00852. The molecule has 1 aromatic carbocycles. The molecule has 0 saturated heterocycles. The quantitative estimate of drug-likeness (QED) is 0.587. The summed E-state index contributed by atoms with van der Waals surface area (Å²) in [6, 6.07) is 7.54. The van der Waals surface area contributed by atoms with Crippen LogP contribution in [0.2, 0.25) is 0 Å². The van der Waals surface area contributed by atoms with Crippen LogP contribution in [-0.2, 0) is 6.42 Å². The van der Waals surface area contributed by atoms with E-state index in [0.717, 1.165) is 29.6 Å². The van der Waals surface area contributed by atoms with Gasteiger partial charge in [0.25, 0.3) is 5.91 Å². The van der Waals surface area contributed by atoms with Gasteiger partial charge in [-0.05, 0) is 18.6 Å². The van der Waals surface area contributed by atoms with Crippen molar-refractivity contribution in [1.29, 1.82) is 0 Å². The number of carbonyl (C=O) groups excluding carboxylic acids is 1. The zero-order valence-corrected chi connectivity index (χ0v) is 11.6. The van der Waals surface area contributed by atoms with Gasteiger partial charge in [0.15, 0.2) is 5.69 Å². The Hall–Kier alpha value is -2.83. The lowest BCUT2D eigenvalue weighted by molar-refractivity contribution is 0.102. The average molecular weight is 284 g/mol. The number of nitrogens with two attached hydrogens (primary N) is 1. The van der Waals surface area contributed by atoms with Crippen molar-refractivity contribution in [3.8, 4) is 0 Å². The zero-order chi connectivity index (χ0) is 14.8. The third-order valence-electron chi connectivity index (χ3n) is 3.22. The van der Waals surface area contributed by atoms with Gasteiger partial charge in [-0.25, -0.2) is 4.98 Å². The molecule has 0 spiro atoms. The molecule has 0 aliphatic heterocycles. The molecular formula is C14H16N6O. The molecule has 0 atom stereocenters. The summed E-state index contributed by atoms with van der Waals surface area (Å²) in [7, 11) is 0. The lowest BCUT2D eigenvalue weighted by atomic mass is 10.2. The molecule has 0 aliphatic rings. The van der Waals surface area contributed by atoms with E-state index in [-0.39, 0.29) is 11.6 Å². The molecule has 5 N–H and O–H groups in total. The molecule has 7 nitrogen and oxygen atoms in total. The van der Waals surface area contributed by atoms with Gasteiger partial charge < -0.3 is 10.7 Å². The van der Waals surface area contributed by atoms with Crippen LogP contribution in [0.25, 0.3) is 11.0 Å². The van der Waals surface area contributed by atoms with E-state index < -0.39 is 0 Å². The van der Waals surface area contributed by atoms with Crippen molar-refractivity contribution >= 4 is 28.6 Å². The van der Waals surface area contributed by atoms with Crippen LogP contribution < -0.4 is 11.1 Å². The predicted octanol–water partition coefficient (Wildman–Crippen LogP) is 2.07. The van der Waals surface area contributed by atoms with Gasteiger partial charge in [0.2, 0.25) is 5.95 Å². The highest BCUT2D eigenvalue weighted by Crippen LogP contribution is 2.18. The maximum absolute atomic E-state index is 12.2. The van der Waals surface area contributed by atoms with E-state index in [1.807, 2.05) is 31.2 Å². The Kier molecular flexibility index (Phi) is 3.31. The van der Waals surface area contributed by atoms with Gasteiger partial charge in [-0.15, -0.1) is 0 Å². The molecule has 0 aliphatic carbocycles. The minimum absolute atomic E-state index is 0.193. The summed E-state index contributed by atoms with van der Waals surface area (Å²) >= 11 is 0. The fourth-order valence-corrected chi connectivity index (χ4v) is 2.18. The lowest BCUT2D eigenvalue weighted by Crippen LogP contribution is -2.15. The molecule has 0 saturated carbocycles. The monoisotopic (exact) mass is 284 g/mol. The first-order valence-electron chi connectivity index (χ1n) is 6.78.